The number of nitriles is 1. The zero-order valence-corrected chi connectivity index (χ0v) is 32.0. The van der Waals surface area contributed by atoms with Gasteiger partial charge in [0.05, 0.1) is 50.5 Å². The number of hydrogen-bond donors (Lipinski definition) is 0. The third-order valence-electron chi connectivity index (χ3n) is 12.7. The fourth-order valence-electron chi connectivity index (χ4n) is 10.2. The number of para-hydroxylation sites is 3. The number of ether oxygens (including phenoxy) is 1. The summed E-state index contributed by atoms with van der Waals surface area (Å²) < 4.78 is 11.7. The molecule has 0 N–H and O–H groups in total. The lowest BCUT2D eigenvalue weighted by atomic mass is 9.66. The molecule has 6 heteroatoms. The van der Waals surface area contributed by atoms with E-state index in [2.05, 4.69) is 167 Å². The lowest BCUT2D eigenvalue weighted by Gasteiger charge is -2.39. The summed E-state index contributed by atoms with van der Waals surface area (Å²) in [5.41, 5.74) is 14.6. The predicted octanol–water partition coefficient (Wildman–Crippen LogP) is 12.7. The number of fused-ring (bicyclic) bond motifs is 15. The van der Waals surface area contributed by atoms with Crippen LogP contribution in [0.15, 0.2) is 188 Å². The number of aromatic nitrogens is 4. The van der Waals surface area contributed by atoms with Crippen LogP contribution in [0.3, 0.4) is 0 Å². The van der Waals surface area contributed by atoms with Gasteiger partial charge in [-0.2, -0.15) is 5.26 Å². The highest BCUT2D eigenvalue weighted by molar-refractivity contribution is 6.11. The van der Waals surface area contributed by atoms with Gasteiger partial charge in [0, 0.05) is 56.4 Å². The summed E-state index contributed by atoms with van der Waals surface area (Å²) in [4.78, 5) is 9.94. The lowest BCUT2D eigenvalue weighted by molar-refractivity contribution is 0.436. The molecule has 0 atom stereocenters. The molecule has 1 aliphatic heterocycles. The van der Waals surface area contributed by atoms with E-state index in [1.807, 2.05) is 36.7 Å². The minimum atomic E-state index is -0.759. The molecule has 11 aromatic rings. The van der Waals surface area contributed by atoms with Gasteiger partial charge in [-0.25, -0.2) is 0 Å². The lowest BCUT2D eigenvalue weighted by Crippen LogP contribution is -2.32. The van der Waals surface area contributed by atoms with Gasteiger partial charge in [-0.05, 0) is 113 Å². The molecule has 6 nitrogen and oxygen atoms in total. The fourth-order valence-corrected chi connectivity index (χ4v) is 10.2. The molecule has 13 rings (SSSR count). The molecule has 1 aliphatic carbocycles. The van der Waals surface area contributed by atoms with Crippen LogP contribution >= 0.6 is 0 Å². The van der Waals surface area contributed by atoms with Gasteiger partial charge in [0.25, 0.3) is 0 Å². The van der Waals surface area contributed by atoms with Crippen LogP contribution in [0, 0.1) is 11.3 Å². The van der Waals surface area contributed by atoms with E-state index in [-0.39, 0.29) is 0 Å². The molecule has 0 unspecified atom stereocenters. The van der Waals surface area contributed by atoms with Crippen molar-refractivity contribution in [3.63, 3.8) is 0 Å². The first-order valence-corrected chi connectivity index (χ1v) is 20.1. The number of benzene rings is 7. The summed E-state index contributed by atoms with van der Waals surface area (Å²) >= 11 is 0. The summed E-state index contributed by atoms with van der Waals surface area (Å²) in [5, 5.41) is 14.4. The topological polar surface area (TPSA) is 68.7 Å². The van der Waals surface area contributed by atoms with E-state index in [1.165, 1.54) is 16.3 Å². The Morgan fingerprint density at radius 2 is 1.03 bits per heavy atom. The fraction of sp³-hybridized carbons (Fsp3) is 0.0185. The van der Waals surface area contributed by atoms with Crippen molar-refractivity contribution in [3.8, 4) is 51.5 Å². The second-order valence-corrected chi connectivity index (χ2v) is 15.7. The van der Waals surface area contributed by atoms with Crippen molar-refractivity contribution in [2.75, 3.05) is 0 Å². The highest BCUT2D eigenvalue weighted by Gasteiger charge is 2.52. The maximum atomic E-state index is 9.80. The zero-order chi connectivity index (χ0) is 39.5. The van der Waals surface area contributed by atoms with Crippen LogP contribution in [-0.4, -0.2) is 19.1 Å². The van der Waals surface area contributed by atoms with Crippen molar-refractivity contribution >= 4 is 43.6 Å². The normalized spacial score (nSPS) is 13.2. The van der Waals surface area contributed by atoms with Crippen molar-refractivity contribution in [1.82, 2.24) is 19.1 Å². The van der Waals surface area contributed by atoms with Crippen molar-refractivity contribution in [2.45, 2.75) is 5.41 Å². The maximum absolute atomic E-state index is 9.80. The number of rotatable bonds is 3. The number of hydrogen-bond acceptors (Lipinski definition) is 4. The summed E-state index contributed by atoms with van der Waals surface area (Å²) in [5.74, 6) is 1.58. The van der Waals surface area contributed by atoms with Crippen LogP contribution in [0.1, 0.15) is 27.8 Å². The van der Waals surface area contributed by atoms with Gasteiger partial charge in [-0.1, -0.05) is 84.9 Å². The van der Waals surface area contributed by atoms with Gasteiger partial charge in [0.2, 0.25) is 0 Å². The molecule has 2 aliphatic rings. The van der Waals surface area contributed by atoms with Gasteiger partial charge in [0.1, 0.15) is 11.5 Å². The Labute approximate surface area is 344 Å². The van der Waals surface area contributed by atoms with Gasteiger partial charge < -0.3 is 13.9 Å². The van der Waals surface area contributed by atoms with Crippen LogP contribution in [0.2, 0.25) is 0 Å². The Hall–Kier alpha value is -8.27. The van der Waals surface area contributed by atoms with Crippen LogP contribution in [0.25, 0.3) is 77.5 Å². The van der Waals surface area contributed by atoms with Crippen molar-refractivity contribution < 1.29 is 4.74 Å². The quantitative estimate of drug-likeness (QED) is 0.180. The van der Waals surface area contributed by atoms with E-state index >= 15 is 0 Å². The molecule has 7 aromatic carbocycles. The Bertz CT molecular complexity index is 3620. The molecule has 0 saturated carbocycles. The Kier molecular flexibility index (Phi) is 6.62. The highest BCUT2D eigenvalue weighted by atomic mass is 16.5. The van der Waals surface area contributed by atoms with Crippen molar-refractivity contribution in [2.24, 2.45) is 0 Å². The predicted molar refractivity (Wildman–Crippen MR) is 238 cm³/mol. The van der Waals surface area contributed by atoms with Crippen molar-refractivity contribution in [3.05, 3.63) is 216 Å². The molecule has 278 valence electrons. The molecule has 0 saturated heterocycles. The summed E-state index contributed by atoms with van der Waals surface area (Å²) in [7, 11) is 0. The SMILES string of the molecule is N#Cc1ccc2c(c1)c1ccccc1n2-c1ccc2c(c1)C1(c3ccc(-c4ccc5c(c4)c4ccccc4n5-c4ccccc4)cc3O2)c2cccnc2-c2ncccc21. The summed E-state index contributed by atoms with van der Waals surface area (Å²) in [6, 6.07) is 64.3. The molecule has 60 heavy (non-hydrogen) atoms. The average molecular weight is 766 g/mol. The molecule has 0 amide bonds. The maximum Gasteiger partial charge on any atom is 0.132 e. The highest BCUT2D eigenvalue weighted by Crippen LogP contribution is 2.62. The zero-order valence-electron chi connectivity index (χ0n) is 32.0. The molecule has 0 fully saturated rings. The second-order valence-electron chi connectivity index (χ2n) is 15.7. The Morgan fingerprint density at radius 1 is 0.433 bits per heavy atom. The second kappa shape index (κ2) is 12.1. The molecule has 4 aromatic heterocycles. The van der Waals surface area contributed by atoms with Gasteiger partial charge in [-0.15, -0.1) is 0 Å². The molecule has 0 radical (unpaired) electrons. The van der Waals surface area contributed by atoms with E-state index < -0.39 is 5.41 Å². The van der Waals surface area contributed by atoms with Crippen LogP contribution in [0.4, 0.5) is 0 Å². The van der Waals surface area contributed by atoms with Crippen molar-refractivity contribution in [1.29, 1.82) is 5.26 Å². The molecule has 1 spiro atoms. The van der Waals surface area contributed by atoms with E-state index in [0.29, 0.717) is 5.56 Å². The minimum Gasteiger partial charge on any atom is -0.457 e. The molecular formula is C54H31N5O. The van der Waals surface area contributed by atoms with Gasteiger partial charge in [0.15, 0.2) is 0 Å². The van der Waals surface area contributed by atoms with Crippen LogP contribution in [0.5, 0.6) is 11.5 Å². The number of nitrogens with zero attached hydrogens (tertiary/aromatic N) is 5. The average Bonchev–Trinajstić information content (AvgIpc) is 3.93. The standard InChI is InChI=1S/C54H31N5O/c55-32-33-18-23-48-40(28-33)38-12-4-7-17-47(38)59(48)37-21-25-50-45(31-37)54(43-14-8-26-56-52(43)53-44(54)15-9-27-57-53)42-22-19-35(30-51(42)60-50)34-20-24-49-41(29-34)39-13-5-6-16-46(39)58(49)36-10-2-1-3-11-36/h1-31H. The molecular weight excluding hydrogens is 735 g/mol. The van der Waals surface area contributed by atoms with E-state index in [9.17, 15) is 5.26 Å². The third kappa shape index (κ3) is 4.30. The largest absolute Gasteiger partial charge is 0.457 e. The van der Waals surface area contributed by atoms with Gasteiger partial charge in [-0.3, -0.25) is 9.97 Å². The number of pyridine rings is 2. The van der Waals surface area contributed by atoms with Gasteiger partial charge >= 0.3 is 0 Å². The van der Waals surface area contributed by atoms with Crippen LogP contribution in [-0.2, 0) is 5.41 Å². The third-order valence-corrected chi connectivity index (χ3v) is 12.7. The summed E-state index contributed by atoms with van der Waals surface area (Å²) in [6.07, 6.45) is 3.71. The Balaban J connectivity index is 1.04. The van der Waals surface area contributed by atoms with E-state index in [4.69, 9.17) is 14.7 Å². The first-order valence-electron chi connectivity index (χ1n) is 20.1. The summed E-state index contributed by atoms with van der Waals surface area (Å²) in [6.45, 7) is 0. The van der Waals surface area contributed by atoms with E-state index in [0.717, 1.165) is 95.0 Å². The Morgan fingerprint density at radius 3 is 1.75 bits per heavy atom. The molecule has 5 heterocycles. The minimum absolute atomic E-state index is 0.636. The first kappa shape index (κ1) is 32.8. The monoisotopic (exact) mass is 765 g/mol. The molecule has 0 bridgehead atoms. The van der Waals surface area contributed by atoms with Crippen LogP contribution < -0.4 is 4.74 Å². The smallest absolute Gasteiger partial charge is 0.132 e. The first-order chi connectivity index (χ1) is 29.7. The van der Waals surface area contributed by atoms with E-state index in [1.54, 1.807) is 0 Å².